The monoisotopic (exact) mass is 492 g/mol. The van der Waals surface area contributed by atoms with Gasteiger partial charge in [0.05, 0.1) is 22.3 Å². The second-order valence-corrected chi connectivity index (χ2v) is 11.7. The third-order valence-corrected chi connectivity index (χ3v) is 8.09. The third-order valence-electron chi connectivity index (χ3n) is 6.28. The van der Waals surface area contributed by atoms with Gasteiger partial charge < -0.3 is 14.2 Å². The largest absolute Gasteiger partial charge is 0.453 e. The molecule has 1 aromatic heterocycles. The van der Waals surface area contributed by atoms with E-state index in [4.69, 9.17) is 4.74 Å². The number of benzene rings is 1. The topological polar surface area (TPSA) is 102 Å². The predicted molar refractivity (Wildman–Crippen MR) is 130 cm³/mol. The average molecular weight is 493 g/mol. The number of amides is 1. The molecule has 1 fully saturated rings. The molecule has 0 unspecified atom stereocenters. The molecule has 1 aliphatic rings. The molecule has 2 aromatic rings. The van der Waals surface area contributed by atoms with E-state index in [1.807, 2.05) is 11.5 Å². The minimum atomic E-state index is -3.57. The van der Waals surface area contributed by atoms with E-state index >= 15 is 0 Å². The number of ether oxygens (including phenoxy) is 1. The van der Waals surface area contributed by atoms with E-state index in [0.29, 0.717) is 49.2 Å². The molecule has 0 saturated carbocycles. The van der Waals surface area contributed by atoms with E-state index in [1.54, 1.807) is 30.0 Å². The van der Waals surface area contributed by atoms with Gasteiger partial charge in [0.25, 0.3) is 5.91 Å². The van der Waals surface area contributed by atoms with Crippen molar-refractivity contribution in [3.05, 3.63) is 24.0 Å². The average Bonchev–Trinajstić information content (AvgIpc) is 3.12. The first-order valence-electron chi connectivity index (χ1n) is 11.8. The van der Waals surface area contributed by atoms with Gasteiger partial charge in [-0.05, 0) is 50.3 Å². The summed E-state index contributed by atoms with van der Waals surface area (Å²) in [4.78, 5) is 31.8. The summed E-state index contributed by atoms with van der Waals surface area (Å²) >= 11 is 0. The molecule has 9 nitrogen and oxygen atoms in total. The summed E-state index contributed by atoms with van der Waals surface area (Å²) in [6, 6.07) is 4.87. The zero-order valence-corrected chi connectivity index (χ0v) is 21.8. The lowest BCUT2D eigenvalue weighted by molar-refractivity contribution is -0.160. The Balaban J connectivity index is 1.67. The van der Waals surface area contributed by atoms with Crippen LogP contribution in [0.3, 0.4) is 0 Å². The number of aromatic nitrogens is 2. The van der Waals surface area contributed by atoms with Crippen LogP contribution in [0.1, 0.15) is 46.4 Å². The number of hydrogen-bond donors (Lipinski definition) is 0. The van der Waals surface area contributed by atoms with E-state index in [-0.39, 0.29) is 17.2 Å². The van der Waals surface area contributed by atoms with Crippen LogP contribution in [0.15, 0.2) is 23.1 Å². The quantitative estimate of drug-likeness (QED) is 0.525. The van der Waals surface area contributed by atoms with Gasteiger partial charge in [-0.1, -0.05) is 13.8 Å². The Kier molecular flexibility index (Phi) is 8.02. The van der Waals surface area contributed by atoms with Crippen LogP contribution >= 0.6 is 0 Å². The molecule has 34 heavy (non-hydrogen) atoms. The zero-order valence-electron chi connectivity index (χ0n) is 20.9. The first-order chi connectivity index (χ1) is 15.9. The van der Waals surface area contributed by atoms with Gasteiger partial charge in [0.15, 0.2) is 6.10 Å². The number of piperidine rings is 1. The maximum atomic E-state index is 12.8. The molecular formula is C24H36N4O5S. The van der Waals surface area contributed by atoms with Crippen molar-refractivity contribution in [3.8, 4) is 0 Å². The maximum absolute atomic E-state index is 12.8. The minimum Gasteiger partial charge on any atom is -0.453 e. The summed E-state index contributed by atoms with van der Waals surface area (Å²) in [5, 5.41) is 0. The van der Waals surface area contributed by atoms with Crippen molar-refractivity contribution in [1.82, 2.24) is 18.8 Å². The molecule has 0 N–H and O–H groups in total. The summed E-state index contributed by atoms with van der Waals surface area (Å²) in [6.45, 7) is 9.86. The van der Waals surface area contributed by atoms with E-state index in [0.717, 1.165) is 16.2 Å². The predicted octanol–water partition coefficient (Wildman–Crippen LogP) is 2.68. The highest BCUT2D eigenvalue weighted by atomic mass is 32.2. The van der Waals surface area contributed by atoms with Gasteiger partial charge in [-0.15, -0.1) is 0 Å². The van der Waals surface area contributed by atoms with Gasteiger partial charge in [-0.25, -0.2) is 17.7 Å². The molecule has 0 radical (unpaired) electrons. The smallest absolute Gasteiger partial charge is 0.307 e. The molecule has 188 valence electrons. The highest BCUT2D eigenvalue weighted by Crippen LogP contribution is 2.24. The Morgan fingerprint density at radius 2 is 1.85 bits per heavy atom. The molecule has 1 amide bonds. The van der Waals surface area contributed by atoms with Crippen molar-refractivity contribution in [3.63, 3.8) is 0 Å². The highest BCUT2D eigenvalue weighted by Gasteiger charge is 2.30. The van der Waals surface area contributed by atoms with E-state index in [9.17, 15) is 18.0 Å². The Morgan fingerprint density at radius 3 is 2.44 bits per heavy atom. The molecule has 1 aromatic carbocycles. The lowest BCUT2D eigenvalue weighted by Gasteiger charge is -2.36. The SMILES string of the molecule is CCn1c(CCC(=O)O[C@@H](C)C(=O)N2C[C@H](C)C[C@H](C)C2)nc2cc(S(=O)(=O)N(C)C)ccc21. The summed E-state index contributed by atoms with van der Waals surface area (Å²) in [6.07, 6.45) is 0.680. The molecule has 0 aliphatic carbocycles. The second kappa shape index (κ2) is 10.4. The Morgan fingerprint density at radius 1 is 1.21 bits per heavy atom. The fourth-order valence-corrected chi connectivity index (χ4v) is 5.62. The number of nitrogens with zero attached hydrogens (tertiary/aromatic N) is 4. The number of imidazole rings is 1. The van der Waals surface area contributed by atoms with Crippen molar-refractivity contribution in [2.75, 3.05) is 27.2 Å². The standard InChI is InChI=1S/C24H36N4O5S/c1-7-28-21-9-8-19(34(31,32)26(5)6)13-20(21)25-22(28)10-11-23(29)33-18(4)24(30)27-14-16(2)12-17(3)15-27/h8-9,13,16-18H,7,10-12,14-15H2,1-6H3/t16-,17+,18-/m0/s1. The van der Waals surface area contributed by atoms with Gasteiger partial charge in [-0.3, -0.25) is 9.59 Å². The first kappa shape index (κ1) is 26.2. The van der Waals surface area contributed by atoms with Crippen LogP contribution in [0.5, 0.6) is 0 Å². The fraction of sp³-hybridized carbons (Fsp3) is 0.625. The number of fused-ring (bicyclic) bond motifs is 1. The van der Waals surface area contributed by atoms with Crippen molar-refractivity contribution in [2.24, 2.45) is 11.8 Å². The molecular weight excluding hydrogens is 456 g/mol. The van der Waals surface area contributed by atoms with Crippen molar-refractivity contribution >= 4 is 32.9 Å². The van der Waals surface area contributed by atoms with Gasteiger partial charge >= 0.3 is 5.97 Å². The summed E-state index contributed by atoms with van der Waals surface area (Å²) < 4.78 is 33.5. The van der Waals surface area contributed by atoms with E-state index in [2.05, 4.69) is 18.8 Å². The molecule has 2 heterocycles. The van der Waals surface area contributed by atoms with Gasteiger partial charge in [-0.2, -0.15) is 0 Å². The zero-order chi connectivity index (χ0) is 25.2. The van der Waals surface area contributed by atoms with Gasteiger partial charge in [0, 0.05) is 40.2 Å². The molecule has 1 saturated heterocycles. The lowest BCUT2D eigenvalue weighted by Crippen LogP contribution is -2.47. The minimum absolute atomic E-state index is 0.0800. The molecule has 1 aliphatic heterocycles. The Hall–Kier alpha value is -2.46. The number of esters is 1. The summed E-state index contributed by atoms with van der Waals surface area (Å²) in [5.41, 5.74) is 1.37. The maximum Gasteiger partial charge on any atom is 0.307 e. The number of sulfonamides is 1. The van der Waals surface area contributed by atoms with E-state index < -0.39 is 22.1 Å². The lowest BCUT2D eigenvalue weighted by atomic mass is 9.91. The molecule has 3 atom stereocenters. The second-order valence-electron chi connectivity index (χ2n) is 9.53. The molecule has 10 heteroatoms. The number of carbonyl (C=O) groups is 2. The molecule has 0 spiro atoms. The fourth-order valence-electron chi connectivity index (χ4n) is 4.69. The molecule has 3 rings (SSSR count). The van der Waals surface area contributed by atoms with Crippen molar-refractivity contribution in [2.45, 2.75) is 64.5 Å². The van der Waals surface area contributed by atoms with Crippen LogP contribution < -0.4 is 0 Å². The van der Waals surface area contributed by atoms with Crippen LogP contribution in [-0.4, -0.2) is 72.3 Å². The number of aryl methyl sites for hydroxylation is 2. The number of carbonyl (C=O) groups excluding carboxylic acids is 2. The number of rotatable bonds is 8. The van der Waals surface area contributed by atoms with Crippen LogP contribution in [0, 0.1) is 11.8 Å². The Bertz CT molecular complexity index is 1150. The van der Waals surface area contributed by atoms with Crippen LogP contribution in [-0.2, 0) is 37.3 Å². The number of hydrogen-bond acceptors (Lipinski definition) is 6. The summed E-state index contributed by atoms with van der Waals surface area (Å²) in [7, 11) is -0.597. The van der Waals surface area contributed by atoms with Crippen LogP contribution in [0.4, 0.5) is 0 Å². The number of likely N-dealkylation sites (tertiary alicyclic amines) is 1. The summed E-state index contributed by atoms with van der Waals surface area (Å²) in [5.74, 6) is 0.940. The van der Waals surface area contributed by atoms with Crippen LogP contribution in [0.2, 0.25) is 0 Å². The van der Waals surface area contributed by atoms with Crippen molar-refractivity contribution in [1.29, 1.82) is 0 Å². The normalized spacial score (nSPS) is 20.0. The Labute approximate surface area is 202 Å². The van der Waals surface area contributed by atoms with Gasteiger partial charge in [0.2, 0.25) is 10.0 Å². The van der Waals surface area contributed by atoms with Crippen LogP contribution in [0.25, 0.3) is 11.0 Å². The van der Waals surface area contributed by atoms with Crippen molar-refractivity contribution < 1.29 is 22.7 Å². The third kappa shape index (κ3) is 5.60. The van der Waals surface area contributed by atoms with E-state index in [1.165, 1.54) is 14.1 Å². The highest BCUT2D eigenvalue weighted by molar-refractivity contribution is 7.89. The van der Waals surface area contributed by atoms with Gasteiger partial charge in [0.1, 0.15) is 5.82 Å². The molecule has 0 bridgehead atoms. The first-order valence-corrected chi connectivity index (χ1v) is 13.3.